The normalized spacial score (nSPS) is 12.3. The second-order valence-corrected chi connectivity index (χ2v) is 11.2. The molecule has 0 aromatic heterocycles. The fourth-order valence-electron chi connectivity index (χ4n) is 3.19. The van der Waals surface area contributed by atoms with E-state index in [2.05, 4.69) is 81.4 Å². The molecule has 0 aliphatic carbocycles. The van der Waals surface area contributed by atoms with Gasteiger partial charge in [-0.15, -0.1) is 0 Å². The zero-order valence-corrected chi connectivity index (χ0v) is 15.7. The van der Waals surface area contributed by atoms with Gasteiger partial charge >= 0.3 is 0 Å². The molecule has 3 heteroatoms. The second kappa shape index (κ2) is 7.91. The average Bonchev–Trinajstić information content (AvgIpc) is 2.55. The maximum absolute atomic E-state index is 6.73. The lowest BCUT2D eigenvalue weighted by molar-refractivity contribution is 0.169. The van der Waals surface area contributed by atoms with E-state index in [1.165, 1.54) is 10.4 Å². The number of hydrogen-bond acceptors (Lipinski definition) is 2. The van der Waals surface area contributed by atoms with Crippen molar-refractivity contribution in [3.63, 3.8) is 0 Å². The summed E-state index contributed by atoms with van der Waals surface area (Å²) in [5.74, 6) is 0. The first kappa shape index (κ1) is 17.9. The predicted octanol–water partition coefficient (Wildman–Crippen LogP) is 3.60. The van der Waals surface area contributed by atoms with Crippen LogP contribution in [0.2, 0.25) is 5.04 Å². The standard InChI is InChI=1S/C20H28O2Si/c1-20(2,3)23(22-17-11-16-21-4,18-12-7-5-8-13-18)19-14-9-6-10-15-19/h5-10,12-15H,11,16-17H2,1-4H3. The summed E-state index contributed by atoms with van der Waals surface area (Å²) in [6, 6.07) is 21.5. The molecule has 0 spiro atoms. The first-order valence-corrected chi connectivity index (χ1v) is 10.2. The molecule has 23 heavy (non-hydrogen) atoms. The van der Waals surface area contributed by atoms with Gasteiger partial charge in [-0.05, 0) is 21.8 Å². The summed E-state index contributed by atoms with van der Waals surface area (Å²) in [5.41, 5.74) is 0. The third kappa shape index (κ3) is 3.92. The molecule has 0 aliphatic rings. The van der Waals surface area contributed by atoms with Crippen LogP contribution in [0.3, 0.4) is 0 Å². The molecular formula is C20H28O2Si. The highest BCUT2D eigenvalue weighted by atomic mass is 28.4. The molecular weight excluding hydrogens is 300 g/mol. The third-order valence-electron chi connectivity index (χ3n) is 4.23. The van der Waals surface area contributed by atoms with Crippen molar-refractivity contribution in [3.8, 4) is 0 Å². The van der Waals surface area contributed by atoms with Crippen molar-refractivity contribution >= 4 is 18.7 Å². The summed E-state index contributed by atoms with van der Waals surface area (Å²) in [6.07, 6.45) is 0.918. The summed E-state index contributed by atoms with van der Waals surface area (Å²) in [6.45, 7) is 8.36. The number of ether oxygens (including phenoxy) is 1. The van der Waals surface area contributed by atoms with Gasteiger partial charge < -0.3 is 9.16 Å². The van der Waals surface area contributed by atoms with Crippen molar-refractivity contribution < 1.29 is 9.16 Å². The second-order valence-electron chi connectivity index (χ2n) is 6.86. The molecule has 2 nitrogen and oxygen atoms in total. The molecule has 2 aromatic rings. The van der Waals surface area contributed by atoms with E-state index in [0.717, 1.165) is 19.6 Å². The Hall–Kier alpha value is -1.42. The SMILES string of the molecule is COCCCO[Si](c1ccccc1)(c1ccccc1)C(C)(C)C. The number of benzene rings is 2. The van der Waals surface area contributed by atoms with Crippen molar-refractivity contribution in [3.05, 3.63) is 60.7 Å². The van der Waals surface area contributed by atoms with E-state index in [9.17, 15) is 0 Å². The highest BCUT2D eigenvalue weighted by Gasteiger charge is 2.49. The van der Waals surface area contributed by atoms with Crippen LogP contribution < -0.4 is 10.4 Å². The molecule has 0 fully saturated rings. The Morgan fingerprint density at radius 3 is 1.65 bits per heavy atom. The van der Waals surface area contributed by atoms with Gasteiger partial charge in [0, 0.05) is 20.3 Å². The van der Waals surface area contributed by atoms with E-state index in [0.29, 0.717) is 0 Å². The topological polar surface area (TPSA) is 18.5 Å². The van der Waals surface area contributed by atoms with Crippen molar-refractivity contribution in [2.24, 2.45) is 0 Å². The smallest absolute Gasteiger partial charge is 0.261 e. The van der Waals surface area contributed by atoms with Crippen LogP contribution in [0.1, 0.15) is 27.2 Å². The van der Waals surface area contributed by atoms with Crippen LogP contribution in [-0.4, -0.2) is 28.6 Å². The Balaban J connectivity index is 2.51. The first-order chi connectivity index (χ1) is 11.0. The van der Waals surface area contributed by atoms with E-state index in [1.54, 1.807) is 7.11 Å². The zero-order chi connectivity index (χ0) is 16.8. The molecule has 0 amide bonds. The van der Waals surface area contributed by atoms with Crippen molar-refractivity contribution in [2.45, 2.75) is 32.2 Å². The van der Waals surface area contributed by atoms with Crippen LogP contribution in [0.4, 0.5) is 0 Å². The van der Waals surface area contributed by atoms with Gasteiger partial charge in [-0.3, -0.25) is 0 Å². The van der Waals surface area contributed by atoms with Crippen LogP contribution in [0.25, 0.3) is 0 Å². The van der Waals surface area contributed by atoms with E-state index < -0.39 is 8.32 Å². The van der Waals surface area contributed by atoms with E-state index in [4.69, 9.17) is 9.16 Å². The van der Waals surface area contributed by atoms with Gasteiger partial charge in [0.1, 0.15) is 0 Å². The van der Waals surface area contributed by atoms with Crippen molar-refractivity contribution in [1.29, 1.82) is 0 Å². The summed E-state index contributed by atoms with van der Waals surface area (Å²) < 4.78 is 11.9. The molecule has 2 rings (SSSR count). The Morgan fingerprint density at radius 1 is 0.783 bits per heavy atom. The molecule has 0 atom stereocenters. The predicted molar refractivity (Wildman–Crippen MR) is 100 cm³/mol. The Kier molecular flexibility index (Phi) is 6.16. The van der Waals surface area contributed by atoms with Gasteiger partial charge in [0.2, 0.25) is 0 Å². The van der Waals surface area contributed by atoms with E-state index in [1.807, 2.05) is 0 Å². The summed E-state index contributed by atoms with van der Waals surface area (Å²) in [5, 5.41) is 2.70. The minimum absolute atomic E-state index is 0.0444. The van der Waals surface area contributed by atoms with Crippen LogP contribution in [0.5, 0.6) is 0 Å². The van der Waals surface area contributed by atoms with E-state index in [-0.39, 0.29) is 5.04 Å². The monoisotopic (exact) mass is 328 g/mol. The lowest BCUT2D eigenvalue weighted by atomic mass is 10.2. The van der Waals surface area contributed by atoms with Crippen LogP contribution >= 0.6 is 0 Å². The molecule has 124 valence electrons. The van der Waals surface area contributed by atoms with E-state index >= 15 is 0 Å². The van der Waals surface area contributed by atoms with Gasteiger partial charge in [0.05, 0.1) is 0 Å². The lowest BCUT2D eigenvalue weighted by Gasteiger charge is -2.43. The van der Waals surface area contributed by atoms with Gasteiger partial charge in [-0.1, -0.05) is 81.4 Å². The first-order valence-electron chi connectivity index (χ1n) is 8.26. The molecule has 0 saturated heterocycles. The number of methoxy groups -OCH3 is 1. The molecule has 2 aromatic carbocycles. The quantitative estimate of drug-likeness (QED) is 0.571. The Bertz CT molecular complexity index is 536. The molecule has 0 N–H and O–H groups in total. The molecule has 0 unspecified atom stereocenters. The van der Waals surface area contributed by atoms with Crippen LogP contribution in [0.15, 0.2) is 60.7 Å². The minimum Gasteiger partial charge on any atom is -0.407 e. The Labute approximate surface area is 141 Å². The summed E-state index contributed by atoms with van der Waals surface area (Å²) >= 11 is 0. The fraction of sp³-hybridized carbons (Fsp3) is 0.400. The summed E-state index contributed by atoms with van der Waals surface area (Å²) in [4.78, 5) is 0. The Morgan fingerprint density at radius 2 is 1.26 bits per heavy atom. The highest BCUT2D eigenvalue weighted by molar-refractivity contribution is 6.99. The number of rotatable bonds is 7. The molecule has 0 bridgehead atoms. The molecule has 0 aliphatic heterocycles. The highest BCUT2D eigenvalue weighted by Crippen LogP contribution is 2.36. The fourth-order valence-corrected chi connectivity index (χ4v) is 7.80. The van der Waals surface area contributed by atoms with Gasteiger partial charge in [0.25, 0.3) is 8.32 Å². The molecule has 0 saturated carbocycles. The maximum atomic E-state index is 6.73. The van der Waals surface area contributed by atoms with Crippen molar-refractivity contribution in [1.82, 2.24) is 0 Å². The third-order valence-corrected chi connectivity index (χ3v) is 9.27. The average molecular weight is 329 g/mol. The van der Waals surface area contributed by atoms with Gasteiger partial charge in [0.15, 0.2) is 0 Å². The molecule has 0 radical (unpaired) electrons. The minimum atomic E-state index is -2.35. The number of hydrogen-bond donors (Lipinski definition) is 0. The van der Waals surface area contributed by atoms with Crippen molar-refractivity contribution in [2.75, 3.05) is 20.3 Å². The maximum Gasteiger partial charge on any atom is 0.261 e. The van der Waals surface area contributed by atoms with Gasteiger partial charge in [-0.2, -0.15) is 0 Å². The van der Waals surface area contributed by atoms with Crippen LogP contribution in [0, 0.1) is 0 Å². The largest absolute Gasteiger partial charge is 0.407 e. The lowest BCUT2D eigenvalue weighted by Crippen LogP contribution is -2.66. The van der Waals surface area contributed by atoms with Gasteiger partial charge in [-0.25, -0.2) is 0 Å². The molecule has 0 heterocycles. The zero-order valence-electron chi connectivity index (χ0n) is 14.7. The summed E-state index contributed by atoms with van der Waals surface area (Å²) in [7, 11) is -0.616. The van der Waals surface area contributed by atoms with Crippen LogP contribution in [-0.2, 0) is 9.16 Å².